The van der Waals surface area contributed by atoms with Gasteiger partial charge in [-0.3, -0.25) is 4.79 Å². The van der Waals surface area contributed by atoms with Crippen molar-refractivity contribution in [1.82, 2.24) is 10.6 Å². The Morgan fingerprint density at radius 2 is 1.75 bits per heavy atom. The summed E-state index contributed by atoms with van der Waals surface area (Å²) in [5, 5.41) is 6.12. The van der Waals surface area contributed by atoms with E-state index in [0.29, 0.717) is 12.1 Å². The molecule has 4 nitrogen and oxygen atoms in total. The molecule has 1 heterocycles. The number of ether oxygens (including phenoxy) is 1. The molecule has 1 saturated heterocycles. The lowest BCUT2D eigenvalue weighted by atomic mass is 9.97. The summed E-state index contributed by atoms with van der Waals surface area (Å²) in [5.41, 5.74) is 1.58. The highest BCUT2D eigenvalue weighted by molar-refractivity contribution is 5.85. The standard InChI is InChI=1S/C16H21F3N2O2.ClH/c17-16(18,19)11-23-10-13-3-1-12(2-4-13)9-21-15(22)14-5-7-20-8-6-14;/h1-4,14,20H,5-11H2,(H,21,22);1H. The fourth-order valence-electron chi connectivity index (χ4n) is 2.46. The van der Waals surface area contributed by atoms with Crippen LogP contribution in [0.15, 0.2) is 24.3 Å². The third kappa shape index (κ3) is 7.51. The molecule has 0 radical (unpaired) electrons. The molecule has 0 aromatic heterocycles. The first-order valence-electron chi connectivity index (χ1n) is 7.65. The van der Waals surface area contributed by atoms with Gasteiger partial charge in [0, 0.05) is 12.5 Å². The average Bonchev–Trinajstić information content (AvgIpc) is 2.53. The fraction of sp³-hybridized carbons (Fsp3) is 0.562. The predicted molar refractivity (Wildman–Crippen MR) is 86.8 cm³/mol. The molecule has 0 spiro atoms. The number of carbonyl (C=O) groups excluding carboxylic acids is 1. The summed E-state index contributed by atoms with van der Waals surface area (Å²) in [5.74, 6) is 0.121. The second kappa shape index (κ2) is 9.86. The molecule has 2 rings (SSSR count). The second-order valence-corrected chi connectivity index (χ2v) is 5.67. The summed E-state index contributed by atoms with van der Waals surface area (Å²) < 4.78 is 40.5. The van der Waals surface area contributed by atoms with Gasteiger partial charge >= 0.3 is 6.18 Å². The van der Waals surface area contributed by atoms with Gasteiger partial charge in [0.25, 0.3) is 0 Å². The van der Waals surface area contributed by atoms with Crippen LogP contribution in [-0.4, -0.2) is 31.8 Å². The van der Waals surface area contributed by atoms with Gasteiger partial charge < -0.3 is 15.4 Å². The molecule has 136 valence electrons. The first kappa shape index (κ1) is 20.7. The van der Waals surface area contributed by atoms with E-state index >= 15 is 0 Å². The molecule has 24 heavy (non-hydrogen) atoms. The minimum atomic E-state index is -4.31. The Balaban J connectivity index is 0.00000288. The Labute approximate surface area is 145 Å². The van der Waals surface area contributed by atoms with Crippen molar-refractivity contribution >= 4 is 18.3 Å². The maximum absolute atomic E-state index is 12.0. The Hall–Kier alpha value is -1.31. The summed E-state index contributed by atoms with van der Waals surface area (Å²) in [6.07, 6.45) is -2.61. The minimum absolute atomic E-state index is 0. The first-order chi connectivity index (χ1) is 10.9. The number of hydrogen-bond acceptors (Lipinski definition) is 3. The fourth-order valence-corrected chi connectivity index (χ4v) is 2.46. The van der Waals surface area contributed by atoms with Crippen LogP contribution in [0.3, 0.4) is 0 Å². The number of halogens is 4. The molecule has 1 amide bonds. The van der Waals surface area contributed by atoms with E-state index in [9.17, 15) is 18.0 Å². The lowest BCUT2D eigenvalue weighted by molar-refractivity contribution is -0.176. The molecule has 0 bridgehead atoms. The van der Waals surface area contributed by atoms with Crippen LogP contribution in [0.25, 0.3) is 0 Å². The molecule has 8 heteroatoms. The van der Waals surface area contributed by atoms with Crippen LogP contribution in [-0.2, 0) is 22.7 Å². The highest BCUT2D eigenvalue weighted by Crippen LogP contribution is 2.16. The van der Waals surface area contributed by atoms with Crippen LogP contribution in [0.5, 0.6) is 0 Å². The number of carbonyl (C=O) groups is 1. The van der Waals surface area contributed by atoms with Crippen molar-refractivity contribution < 1.29 is 22.7 Å². The summed E-state index contributed by atoms with van der Waals surface area (Å²) in [6, 6.07) is 6.99. The van der Waals surface area contributed by atoms with Crippen LogP contribution in [0.2, 0.25) is 0 Å². The van der Waals surface area contributed by atoms with Gasteiger partial charge in [0.2, 0.25) is 5.91 Å². The molecular formula is C16H22ClF3N2O2. The second-order valence-electron chi connectivity index (χ2n) is 5.67. The van der Waals surface area contributed by atoms with Crippen molar-refractivity contribution in [2.45, 2.75) is 32.2 Å². The smallest absolute Gasteiger partial charge is 0.367 e. The van der Waals surface area contributed by atoms with Gasteiger partial charge in [0.15, 0.2) is 0 Å². The monoisotopic (exact) mass is 366 g/mol. The SMILES string of the molecule is Cl.O=C(NCc1ccc(COCC(F)(F)F)cc1)C1CCNCC1. The van der Waals surface area contributed by atoms with Crippen molar-refractivity contribution in [1.29, 1.82) is 0 Å². The predicted octanol–water partition coefficient (Wildman–Crippen LogP) is 2.80. The number of amides is 1. The molecule has 0 aliphatic carbocycles. The number of piperidine rings is 1. The van der Waals surface area contributed by atoms with Gasteiger partial charge in [0.1, 0.15) is 6.61 Å². The van der Waals surface area contributed by atoms with Crippen molar-refractivity contribution in [2.24, 2.45) is 5.92 Å². The molecule has 1 aliphatic heterocycles. The zero-order valence-electron chi connectivity index (χ0n) is 13.2. The highest BCUT2D eigenvalue weighted by atomic mass is 35.5. The van der Waals surface area contributed by atoms with E-state index in [1.165, 1.54) is 0 Å². The van der Waals surface area contributed by atoms with Crippen molar-refractivity contribution in [3.8, 4) is 0 Å². The normalized spacial score (nSPS) is 15.6. The summed E-state index contributed by atoms with van der Waals surface area (Å²) in [6.45, 7) is 0.824. The number of rotatable bonds is 6. The molecule has 1 aromatic carbocycles. The van der Waals surface area contributed by atoms with E-state index < -0.39 is 12.8 Å². The van der Waals surface area contributed by atoms with Crippen molar-refractivity contribution in [3.63, 3.8) is 0 Å². The lowest BCUT2D eigenvalue weighted by Gasteiger charge is -2.21. The van der Waals surface area contributed by atoms with Gasteiger partial charge in [-0.2, -0.15) is 13.2 Å². The van der Waals surface area contributed by atoms with E-state index in [1.54, 1.807) is 24.3 Å². The minimum Gasteiger partial charge on any atom is -0.367 e. The number of alkyl halides is 3. The maximum atomic E-state index is 12.0. The maximum Gasteiger partial charge on any atom is 0.411 e. The third-order valence-corrected chi connectivity index (χ3v) is 3.73. The Morgan fingerprint density at radius 1 is 1.17 bits per heavy atom. The zero-order valence-corrected chi connectivity index (χ0v) is 14.0. The Kier molecular flexibility index (Phi) is 8.52. The Morgan fingerprint density at radius 3 is 2.33 bits per heavy atom. The molecule has 0 atom stereocenters. The van der Waals surface area contributed by atoms with E-state index in [2.05, 4.69) is 15.4 Å². The molecule has 0 unspecified atom stereocenters. The van der Waals surface area contributed by atoms with E-state index in [1.807, 2.05) is 0 Å². The molecule has 1 aliphatic rings. The first-order valence-corrected chi connectivity index (χ1v) is 7.65. The number of hydrogen-bond donors (Lipinski definition) is 2. The van der Waals surface area contributed by atoms with Crippen LogP contribution in [0.1, 0.15) is 24.0 Å². The Bertz CT molecular complexity index is 503. The largest absolute Gasteiger partial charge is 0.411 e. The van der Waals surface area contributed by atoms with Crippen LogP contribution < -0.4 is 10.6 Å². The molecule has 1 fully saturated rings. The zero-order chi connectivity index (χ0) is 16.7. The summed E-state index contributed by atoms with van der Waals surface area (Å²) in [7, 11) is 0. The van der Waals surface area contributed by atoms with Gasteiger partial charge in [-0.05, 0) is 37.1 Å². The quantitative estimate of drug-likeness (QED) is 0.814. The topological polar surface area (TPSA) is 50.4 Å². The lowest BCUT2D eigenvalue weighted by Crippen LogP contribution is -2.37. The average molecular weight is 367 g/mol. The van der Waals surface area contributed by atoms with E-state index in [-0.39, 0.29) is 30.8 Å². The van der Waals surface area contributed by atoms with Crippen LogP contribution in [0, 0.1) is 5.92 Å². The van der Waals surface area contributed by atoms with E-state index in [0.717, 1.165) is 31.5 Å². The highest BCUT2D eigenvalue weighted by Gasteiger charge is 2.27. The van der Waals surface area contributed by atoms with Crippen LogP contribution in [0.4, 0.5) is 13.2 Å². The van der Waals surface area contributed by atoms with Gasteiger partial charge in [-0.1, -0.05) is 24.3 Å². The van der Waals surface area contributed by atoms with Gasteiger partial charge in [-0.25, -0.2) is 0 Å². The molecular weight excluding hydrogens is 345 g/mol. The summed E-state index contributed by atoms with van der Waals surface area (Å²) >= 11 is 0. The summed E-state index contributed by atoms with van der Waals surface area (Å²) in [4.78, 5) is 12.0. The van der Waals surface area contributed by atoms with E-state index in [4.69, 9.17) is 0 Å². The number of benzene rings is 1. The van der Waals surface area contributed by atoms with Gasteiger partial charge in [0.05, 0.1) is 6.61 Å². The van der Waals surface area contributed by atoms with Crippen LogP contribution >= 0.6 is 12.4 Å². The van der Waals surface area contributed by atoms with Crippen molar-refractivity contribution in [3.05, 3.63) is 35.4 Å². The third-order valence-electron chi connectivity index (χ3n) is 3.73. The molecule has 1 aromatic rings. The molecule has 2 N–H and O–H groups in total. The van der Waals surface area contributed by atoms with Crippen molar-refractivity contribution in [2.75, 3.05) is 19.7 Å². The van der Waals surface area contributed by atoms with Gasteiger partial charge in [-0.15, -0.1) is 12.4 Å². The molecule has 0 saturated carbocycles. The number of nitrogens with one attached hydrogen (secondary N) is 2.